The molecule has 2 aromatic rings. The Balaban J connectivity index is 2.53. The first-order valence-corrected chi connectivity index (χ1v) is 4.85. The molecule has 0 aliphatic heterocycles. The second-order valence-electron chi connectivity index (χ2n) is 2.80. The molecule has 0 saturated carbocycles. The lowest BCUT2D eigenvalue weighted by molar-refractivity contribution is 0.111. The monoisotopic (exact) mass is 191 g/mol. The molecule has 2 heterocycles. The third-order valence-electron chi connectivity index (χ3n) is 2.05. The Morgan fingerprint density at radius 1 is 1.38 bits per heavy atom. The summed E-state index contributed by atoms with van der Waals surface area (Å²) in [6.07, 6.45) is 0.872. The second kappa shape index (κ2) is 3.18. The summed E-state index contributed by atoms with van der Waals surface area (Å²) in [5, 5.41) is 2.03. The van der Waals surface area contributed by atoms with Gasteiger partial charge in [-0.05, 0) is 23.6 Å². The Morgan fingerprint density at radius 3 is 2.77 bits per heavy atom. The topological polar surface area (TPSA) is 22.0 Å². The van der Waals surface area contributed by atoms with Crippen LogP contribution in [0.1, 0.15) is 10.5 Å². The van der Waals surface area contributed by atoms with Crippen LogP contribution in [0, 0.1) is 0 Å². The number of hydrogen-bond acceptors (Lipinski definition) is 2. The van der Waals surface area contributed by atoms with E-state index in [2.05, 4.69) is 6.07 Å². The van der Waals surface area contributed by atoms with Gasteiger partial charge in [-0.3, -0.25) is 4.79 Å². The first kappa shape index (κ1) is 8.26. The van der Waals surface area contributed by atoms with Gasteiger partial charge in [0.1, 0.15) is 0 Å². The Kier molecular flexibility index (Phi) is 2.02. The van der Waals surface area contributed by atoms with E-state index < -0.39 is 0 Å². The molecule has 0 bridgehead atoms. The van der Waals surface area contributed by atoms with Gasteiger partial charge in [-0.1, -0.05) is 6.07 Å². The molecule has 0 fully saturated rings. The highest BCUT2D eigenvalue weighted by Crippen LogP contribution is 2.25. The van der Waals surface area contributed by atoms with Crippen molar-refractivity contribution in [3.05, 3.63) is 35.3 Å². The predicted molar refractivity (Wildman–Crippen MR) is 54.1 cm³/mol. The molecule has 0 aliphatic carbocycles. The summed E-state index contributed by atoms with van der Waals surface area (Å²) in [4.78, 5) is 11.8. The normalized spacial score (nSPS) is 10.2. The van der Waals surface area contributed by atoms with Crippen molar-refractivity contribution in [2.75, 3.05) is 0 Å². The third kappa shape index (κ3) is 1.31. The minimum Gasteiger partial charge on any atom is -0.341 e. The van der Waals surface area contributed by atoms with Crippen LogP contribution < -0.4 is 0 Å². The molecular formula is C10H9NOS. The SMILES string of the molecule is Cn1c(C=O)ccc1-c1cccs1. The van der Waals surface area contributed by atoms with Gasteiger partial charge in [0.05, 0.1) is 16.3 Å². The van der Waals surface area contributed by atoms with Crippen molar-refractivity contribution >= 4 is 17.6 Å². The molecule has 0 spiro atoms. The van der Waals surface area contributed by atoms with Crippen LogP contribution in [0.5, 0.6) is 0 Å². The molecule has 0 radical (unpaired) electrons. The average Bonchev–Trinajstić information content (AvgIpc) is 2.72. The van der Waals surface area contributed by atoms with Crippen LogP contribution in [0.3, 0.4) is 0 Å². The molecule has 3 heteroatoms. The van der Waals surface area contributed by atoms with E-state index in [1.807, 2.05) is 35.2 Å². The number of thiophene rings is 1. The van der Waals surface area contributed by atoms with Crippen molar-refractivity contribution in [2.24, 2.45) is 7.05 Å². The fourth-order valence-corrected chi connectivity index (χ4v) is 2.10. The van der Waals surface area contributed by atoms with Crippen LogP contribution in [0.4, 0.5) is 0 Å². The maximum absolute atomic E-state index is 10.6. The Hall–Kier alpha value is -1.35. The molecule has 0 N–H and O–H groups in total. The smallest absolute Gasteiger partial charge is 0.166 e. The molecule has 0 saturated heterocycles. The first-order chi connectivity index (χ1) is 6.33. The maximum Gasteiger partial charge on any atom is 0.166 e. The summed E-state index contributed by atoms with van der Waals surface area (Å²) in [5.74, 6) is 0. The van der Waals surface area contributed by atoms with E-state index in [1.54, 1.807) is 11.3 Å². The van der Waals surface area contributed by atoms with Crippen LogP contribution in [0.25, 0.3) is 10.6 Å². The van der Waals surface area contributed by atoms with Gasteiger partial charge in [0.25, 0.3) is 0 Å². The zero-order valence-corrected chi connectivity index (χ0v) is 8.04. The van der Waals surface area contributed by atoms with Crippen LogP contribution in [-0.4, -0.2) is 10.9 Å². The third-order valence-corrected chi connectivity index (χ3v) is 2.95. The van der Waals surface area contributed by atoms with Crippen LogP contribution in [0.15, 0.2) is 29.6 Å². The van der Waals surface area contributed by atoms with Gasteiger partial charge in [-0.25, -0.2) is 0 Å². The number of nitrogens with zero attached hydrogens (tertiary/aromatic N) is 1. The van der Waals surface area contributed by atoms with Gasteiger partial charge in [0, 0.05) is 7.05 Å². The Bertz CT molecular complexity index is 414. The predicted octanol–water partition coefficient (Wildman–Crippen LogP) is 2.57. The summed E-state index contributed by atoms with van der Waals surface area (Å²) in [5.41, 5.74) is 1.81. The Morgan fingerprint density at radius 2 is 2.23 bits per heavy atom. The molecular weight excluding hydrogens is 182 g/mol. The van der Waals surface area contributed by atoms with Gasteiger partial charge in [0.2, 0.25) is 0 Å². The van der Waals surface area contributed by atoms with Crippen LogP contribution in [-0.2, 0) is 7.05 Å². The van der Waals surface area contributed by atoms with Crippen molar-refractivity contribution in [2.45, 2.75) is 0 Å². The van der Waals surface area contributed by atoms with Crippen molar-refractivity contribution in [1.29, 1.82) is 0 Å². The zero-order valence-electron chi connectivity index (χ0n) is 7.23. The molecule has 66 valence electrons. The number of hydrogen-bond donors (Lipinski definition) is 0. The fraction of sp³-hybridized carbons (Fsp3) is 0.100. The summed E-state index contributed by atoms with van der Waals surface area (Å²) >= 11 is 1.68. The van der Waals surface area contributed by atoms with Gasteiger partial charge in [0.15, 0.2) is 6.29 Å². The van der Waals surface area contributed by atoms with E-state index in [0.29, 0.717) is 5.69 Å². The van der Waals surface area contributed by atoms with E-state index in [4.69, 9.17) is 0 Å². The highest BCUT2D eigenvalue weighted by atomic mass is 32.1. The quantitative estimate of drug-likeness (QED) is 0.669. The van der Waals surface area contributed by atoms with E-state index in [1.165, 1.54) is 4.88 Å². The lowest BCUT2D eigenvalue weighted by Crippen LogP contribution is -1.95. The van der Waals surface area contributed by atoms with Gasteiger partial charge in [-0.2, -0.15) is 0 Å². The number of aromatic nitrogens is 1. The van der Waals surface area contributed by atoms with E-state index in [0.717, 1.165) is 12.0 Å². The van der Waals surface area contributed by atoms with Crippen LogP contribution >= 0.6 is 11.3 Å². The van der Waals surface area contributed by atoms with Gasteiger partial charge in [-0.15, -0.1) is 11.3 Å². The van der Waals surface area contributed by atoms with Gasteiger partial charge < -0.3 is 4.57 Å². The summed E-state index contributed by atoms with van der Waals surface area (Å²) in [7, 11) is 1.90. The van der Waals surface area contributed by atoms with E-state index in [9.17, 15) is 4.79 Å². The minimum atomic E-state index is 0.711. The molecule has 2 rings (SSSR count). The summed E-state index contributed by atoms with van der Waals surface area (Å²) in [6.45, 7) is 0. The van der Waals surface area contributed by atoms with E-state index >= 15 is 0 Å². The van der Waals surface area contributed by atoms with Crippen LogP contribution in [0.2, 0.25) is 0 Å². The Labute approximate surface area is 80.4 Å². The molecule has 0 aromatic carbocycles. The molecule has 2 aromatic heterocycles. The molecule has 0 aliphatic rings. The number of carbonyl (C=O) groups is 1. The molecule has 0 amide bonds. The summed E-state index contributed by atoms with van der Waals surface area (Å²) in [6, 6.07) is 7.86. The van der Waals surface area contributed by atoms with E-state index in [-0.39, 0.29) is 0 Å². The first-order valence-electron chi connectivity index (χ1n) is 3.97. The number of rotatable bonds is 2. The lowest BCUT2D eigenvalue weighted by atomic mass is 10.3. The summed E-state index contributed by atoms with van der Waals surface area (Å²) < 4.78 is 1.90. The fourth-order valence-electron chi connectivity index (χ4n) is 1.32. The zero-order chi connectivity index (χ0) is 9.26. The molecule has 13 heavy (non-hydrogen) atoms. The molecule has 0 atom stereocenters. The van der Waals surface area contributed by atoms with Crippen molar-refractivity contribution in [3.63, 3.8) is 0 Å². The van der Waals surface area contributed by atoms with Crippen molar-refractivity contribution < 1.29 is 4.79 Å². The maximum atomic E-state index is 10.6. The molecule has 2 nitrogen and oxygen atoms in total. The highest BCUT2D eigenvalue weighted by molar-refractivity contribution is 7.13. The highest BCUT2D eigenvalue weighted by Gasteiger charge is 2.05. The standard InChI is InChI=1S/C10H9NOS/c1-11-8(7-12)4-5-9(11)10-3-2-6-13-10/h2-7H,1H3. The molecule has 0 unspecified atom stereocenters. The van der Waals surface area contributed by atoms with Crippen molar-refractivity contribution in [1.82, 2.24) is 4.57 Å². The second-order valence-corrected chi connectivity index (χ2v) is 3.75. The van der Waals surface area contributed by atoms with Gasteiger partial charge >= 0.3 is 0 Å². The number of aldehydes is 1. The lowest BCUT2D eigenvalue weighted by Gasteiger charge is -2.00. The largest absolute Gasteiger partial charge is 0.341 e. The van der Waals surface area contributed by atoms with Crippen molar-refractivity contribution in [3.8, 4) is 10.6 Å². The average molecular weight is 191 g/mol. The minimum absolute atomic E-state index is 0.711. The number of carbonyl (C=O) groups excluding carboxylic acids is 1.